The average Bonchev–Trinajstić information content (AvgIpc) is 1.86. The van der Waals surface area contributed by atoms with Crippen LogP contribution in [-0.2, 0) is 11.3 Å². The first kappa shape index (κ1) is 12.1. The van der Waals surface area contributed by atoms with Crippen molar-refractivity contribution in [1.82, 2.24) is 4.31 Å². The Morgan fingerprint density at radius 1 is 1.42 bits per heavy atom. The van der Waals surface area contributed by atoms with Crippen LogP contribution in [0.5, 0.6) is 0 Å². The molecule has 0 heterocycles. The molecule has 0 spiro atoms. The summed E-state index contributed by atoms with van der Waals surface area (Å²) in [5.74, 6) is 0. The Kier molecular flexibility index (Phi) is 4.97. The summed E-state index contributed by atoms with van der Waals surface area (Å²) in [6, 6.07) is 0. The van der Waals surface area contributed by atoms with E-state index in [0.717, 1.165) is 12.8 Å². The van der Waals surface area contributed by atoms with E-state index in [0.29, 0.717) is 6.54 Å². The molecule has 3 nitrogen and oxygen atoms in total. The van der Waals surface area contributed by atoms with Crippen LogP contribution in [0.15, 0.2) is 0 Å². The summed E-state index contributed by atoms with van der Waals surface area (Å²) >= 11 is -1.84. The molecule has 0 fully saturated rings. The van der Waals surface area contributed by atoms with Crippen LogP contribution in [0, 0.1) is 0 Å². The number of rotatable bonds is 5. The van der Waals surface area contributed by atoms with Crippen molar-refractivity contribution in [2.75, 3.05) is 6.54 Å². The lowest BCUT2D eigenvalue weighted by Gasteiger charge is -2.34. The van der Waals surface area contributed by atoms with Crippen molar-refractivity contribution in [3.05, 3.63) is 0 Å². The van der Waals surface area contributed by atoms with Gasteiger partial charge in [0, 0.05) is 12.1 Å². The van der Waals surface area contributed by atoms with Gasteiger partial charge < -0.3 is 0 Å². The quantitative estimate of drug-likeness (QED) is 0.679. The molecule has 0 saturated heterocycles. The zero-order valence-electron chi connectivity index (χ0n) is 8.33. The van der Waals surface area contributed by atoms with E-state index in [1.165, 1.54) is 0 Å². The molecule has 0 rings (SSSR count). The second-order valence-corrected chi connectivity index (χ2v) is 4.39. The Balaban J connectivity index is 4.36. The van der Waals surface area contributed by atoms with Gasteiger partial charge in [-0.15, -0.1) is 0 Å². The van der Waals surface area contributed by atoms with E-state index in [-0.39, 0.29) is 5.54 Å². The maximum Gasteiger partial charge on any atom is 0.234 e. The zero-order chi connectivity index (χ0) is 9.78. The van der Waals surface area contributed by atoms with Crippen molar-refractivity contribution < 1.29 is 8.76 Å². The first-order chi connectivity index (χ1) is 5.45. The Bertz CT molecular complexity index is 159. The van der Waals surface area contributed by atoms with Crippen molar-refractivity contribution in [3.8, 4) is 0 Å². The Labute approximate surface area is 77.6 Å². The lowest BCUT2D eigenvalue weighted by Crippen LogP contribution is -2.44. The minimum Gasteiger partial charge on any atom is -0.294 e. The molecule has 0 bridgehead atoms. The average molecular weight is 193 g/mol. The van der Waals surface area contributed by atoms with Gasteiger partial charge in [-0.05, 0) is 20.3 Å². The van der Waals surface area contributed by atoms with Crippen molar-refractivity contribution in [1.29, 1.82) is 0 Å². The predicted molar refractivity (Wildman–Crippen MR) is 52.1 cm³/mol. The predicted octanol–water partition coefficient (Wildman–Crippen LogP) is 2.02. The van der Waals surface area contributed by atoms with Crippen LogP contribution in [0.3, 0.4) is 0 Å². The van der Waals surface area contributed by atoms with Gasteiger partial charge >= 0.3 is 0 Å². The van der Waals surface area contributed by atoms with Gasteiger partial charge in [-0.3, -0.25) is 4.55 Å². The smallest absolute Gasteiger partial charge is 0.234 e. The van der Waals surface area contributed by atoms with Crippen molar-refractivity contribution in [2.24, 2.45) is 0 Å². The van der Waals surface area contributed by atoms with Gasteiger partial charge in [0.05, 0.1) is 0 Å². The van der Waals surface area contributed by atoms with E-state index in [9.17, 15) is 4.21 Å². The van der Waals surface area contributed by atoms with E-state index in [1.54, 1.807) is 4.31 Å². The molecular formula is C8H19NO2S. The van der Waals surface area contributed by atoms with Crippen LogP contribution in [0.1, 0.15) is 40.5 Å². The first-order valence-electron chi connectivity index (χ1n) is 4.34. The monoisotopic (exact) mass is 193 g/mol. The maximum atomic E-state index is 10.9. The highest BCUT2D eigenvalue weighted by molar-refractivity contribution is 7.76. The van der Waals surface area contributed by atoms with Gasteiger partial charge in [0.1, 0.15) is 0 Å². The normalized spacial score (nSPS) is 15.2. The Morgan fingerprint density at radius 2 is 1.92 bits per heavy atom. The fourth-order valence-electron chi connectivity index (χ4n) is 1.49. The molecule has 1 unspecified atom stereocenters. The lowest BCUT2D eigenvalue weighted by atomic mass is 9.99. The largest absolute Gasteiger partial charge is 0.294 e. The van der Waals surface area contributed by atoms with Crippen LogP contribution < -0.4 is 0 Å². The number of hydrogen-bond acceptors (Lipinski definition) is 1. The van der Waals surface area contributed by atoms with Crippen LogP contribution in [-0.4, -0.2) is 25.2 Å². The SMILES string of the molecule is CCCC(C)(C)N(CC)S(=O)O. The van der Waals surface area contributed by atoms with Gasteiger partial charge in [-0.1, -0.05) is 20.3 Å². The summed E-state index contributed by atoms with van der Waals surface area (Å²) in [7, 11) is 0. The molecule has 0 aliphatic rings. The maximum absolute atomic E-state index is 10.9. The highest BCUT2D eigenvalue weighted by Gasteiger charge is 2.28. The van der Waals surface area contributed by atoms with Crippen molar-refractivity contribution in [2.45, 2.75) is 46.1 Å². The fraction of sp³-hybridized carbons (Fsp3) is 1.00. The molecule has 0 aromatic heterocycles. The molecule has 0 aliphatic heterocycles. The van der Waals surface area contributed by atoms with Gasteiger partial charge in [0.2, 0.25) is 11.3 Å². The second-order valence-electron chi connectivity index (χ2n) is 3.49. The van der Waals surface area contributed by atoms with E-state index < -0.39 is 11.3 Å². The molecule has 0 aromatic rings. The van der Waals surface area contributed by atoms with Crippen molar-refractivity contribution in [3.63, 3.8) is 0 Å². The van der Waals surface area contributed by atoms with Gasteiger partial charge in [-0.2, -0.15) is 4.31 Å². The third kappa shape index (κ3) is 3.21. The lowest BCUT2D eigenvalue weighted by molar-refractivity contribution is 0.216. The minimum absolute atomic E-state index is 0.177. The fourth-order valence-corrected chi connectivity index (χ4v) is 2.22. The Morgan fingerprint density at radius 3 is 2.17 bits per heavy atom. The van der Waals surface area contributed by atoms with E-state index in [2.05, 4.69) is 6.92 Å². The van der Waals surface area contributed by atoms with Crippen LogP contribution in [0.25, 0.3) is 0 Å². The molecule has 74 valence electrons. The summed E-state index contributed by atoms with van der Waals surface area (Å²) < 4.78 is 21.5. The van der Waals surface area contributed by atoms with E-state index >= 15 is 0 Å². The second kappa shape index (κ2) is 4.94. The summed E-state index contributed by atoms with van der Waals surface area (Å²) in [4.78, 5) is 0. The third-order valence-corrected chi connectivity index (χ3v) is 3.14. The molecule has 0 amide bonds. The highest BCUT2D eigenvalue weighted by atomic mass is 32.2. The topological polar surface area (TPSA) is 40.5 Å². The molecule has 0 saturated carbocycles. The summed E-state index contributed by atoms with van der Waals surface area (Å²) in [5, 5.41) is 0. The minimum atomic E-state index is -1.84. The molecule has 0 aliphatic carbocycles. The van der Waals surface area contributed by atoms with E-state index in [1.807, 2.05) is 20.8 Å². The summed E-state index contributed by atoms with van der Waals surface area (Å²) in [5.41, 5.74) is -0.177. The third-order valence-electron chi connectivity index (χ3n) is 2.01. The molecule has 0 radical (unpaired) electrons. The first-order valence-corrected chi connectivity index (χ1v) is 5.40. The van der Waals surface area contributed by atoms with Crippen LogP contribution in [0.4, 0.5) is 0 Å². The molecule has 4 heteroatoms. The van der Waals surface area contributed by atoms with Gasteiger partial charge in [-0.25, -0.2) is 4.21 Å². The molecule has 12 heavy (non-hydrogen) atoms. The molecule has 1 atom stereocenters. The number of hydrogen-bond donors (Lipinski definition) is 1. The molecule has 1 N–H and O–H groups in total. The van der Waals surface area contributed by atoms with Gasteiger partial charge in [0.25, 0.3) is 0 Å². The number of nitrogens with zero attached hydrogens (tertiary/aromatic N) is 1. The summed E-state index contributed by atoms with van der Waals surface area (Å²) in [6.07, 6.45) is 1.97. The van der Waals surface area contributed by atoms with Crippen LogP contribution >= 0.6 is 0 Å². The highest BCUT2D eigenvalue weighted by Crippen LogP contribution is 2.21. The van der Waals surface area contributed by atoms with Crippen molar-refractivity contribution >= 4 is 11.3 Å². The van der Waals surface area contributed by atoms with E-state index in [4.69, 9.17) is 4.55 Å². The molecular weight excluding hydrogens is 174 g/mol. The Hall–Kier alpha value is 0.0700. The van der Waals surface area contributed by atoms with Crippen LogP contribution in [0.2, 0.25) is 0 Å². The summed E-state index contributed by atoms with van der Waals surface area (Å²) in [6.45, 7) is 8.57. The standard InChI is InChI=1S/C8H19NO2S/c1-5-7-8(3,4)9(6-2)12(10)11/h5-7H2,1-4H3,(H,10,11). The molecule has 0 aromatic carbocycles. The zero-order valence-corrected chi connectivity index (χ0v) is 9.15. The van der Waals surface area contributed by atoms with Gasteiger partial charge in [0.15, 0.2) is 0 Å².